The molecule has 0 atom stereocenters. The highest BCUT2D eigenvalue weighted by Gasteiger charge is 2.23. The number of ether oxygens (including phenoxy) is 1. The molecule has 0 aliphatic heterocycles. The Balaban J connectivity index is 1.52. The van der Waals surface area contributed by atoms with Crippen molar-refractivity contribution in [2.24, 2.45) is 0 Å². The van der Waals surface area contributed by atoms with Gasteiger partial charge in [-0.05, 0) is 49.2 Å². The Kier molecular flexibility index (Phi) is 5.53. The molecule has 1 aliphatic rings. The Bertz CT molecular complexity index is 1150. The number of sulfonamides is 1. The lowest BCUT2D eigenvalue weighted by molar-refractivity contribution is 0.102. The van der Waals surface area contributed by atoms with Gasteiger partial charge in [0.05, 0.1) is 22.2 Å². The molecule has 152 valence electrons. The third-order valence-electron chi connectivity index (χ3n) is 4.90. The Hall–Kier alpha value is -2.49. The van der Waals surface area contributed by atoms with Crippen molar-refractivity contribution in [1.29, 1.82) is 0 Å². The van der Waals surface area contributed by atoms with E-state index in [-0.39, 0.29) is 16.5 Å². The van der Waals surface area contributed by atoms with Crippen LogP contribution in [0.5, 0.6) is 5.75 Å². The Morgan fingerprint density at radius 1 is 1.17 bits per heavy atom. The topological polar surface area (TPSA) is 97.4 Å². The van der Waals surface area contributed by atoms with Crippen LogP contribution in [0, 0.1) is 0 Å². The van der Waals surface area contributed by atoms with Crippen LogP contribution in [0.4, 0.5) is 5.13 Å². The summed E-state index contributed by atoms with van der Waals surface area (Å²) in [6.45, 7) is 0. The van der Waals surface area contributed by atoms with Crippen LogP contribution in [0.1, 0.15) is 36.0 Å². The quantitative estimate of drug-likeness (QED) is 0.619. The number of carbonyl (C=O) groups excluding carboxylic acids is 1. The summed E-state index contributed by atoms with van der Waals surface area (Å²) in [5, 5.41) is 3.19. The largest absolute Gasteiger partial charge is 0.497 e. The molecule has 1 saturated carbocycles. The molecule has 1 amide bonds. The summed E-state index contributed by atoms with van der Waals surface area (Å²) in [6.07, 6.45) is 3.76. The third kappa shape index (κ3) is 4.42. The van der Waals surface area contributed by atoms with Gasteiger partial charge in [-0.1, -0.05) is 30.2 Å². The van der Waals surface area contributed by atoms with E-state index < -0.39 is 15.9 Å². The predicted octanol–water partition coefficient (Wildman–Crippen LogP) is 3.78. The van der Waals surface area contributed by atoms with Crippen LogP contribution >= 0.6 is 11.3 Å². The van der Waals surface area contributed by atoms with E-state index in [2.05, 4.69) is 15.0 Å². The van der Waals surface area contributed by atoms with Crippen LogP contribution in [0.15, 0.2) is 47.4 Å². The number of aromatic nitrogens is 1. The van der Waals surface area contributed by atoms with Gasteiger partial charge in [0.1, 0.15) is 5.75 Å². The first-order chi connectivity index (χ1) is 13.9. The zero-order valence-electron chi connectivity index (χ0n) is 15.8. The highest BCUT2D eigenvalue weighted by atomic mass is 32.2. The zero-order valence-corrected chi connectivity index (χ0v) is 17.5. The molecule has 1 aliphatic carbocycles. The van der Waals surface area contributed by atoms with Crippen LogP contribution in [-0.2, 0) is 10.0 Å². The molecule has 9 heteroatoms. The molecular formula is C20H21N3O4S2. The van der Waals surface area contributed by atoms with E-state index >= 15 is 0 Å². The van der Waals surface area contributed by atoms with E-state index in [1.165, 1.54) is 23.5 Å². The first-order valence-corrected chi connectivity index (χ1v) is 11.6. The van der Waals surface area contributed by atoms with Crippen molar-refractivity contribution in [3.05, 3.63) is 48.0 Å². The maximum absolute atomic E-state index is 12.7. The molecule has 1 aromatic heterocycles. The minimum Gasteiger partial charge on any atom is -0.497 e. The molecular weight excluding hydrogens is 410 g/mol. The van der Waals surface area contributed by atoms with Crippen molar-refractivity contribution in [2.45, 2.75) is 36.6 Å². The average molecular weight is 432 g/mol. The van der Waals surface area contributed by atoms with Gasteiger partial charge in [-0.15, -0.1) is 0 Å². The molecule has 4 rings (SSSR count). The van der Waals surface area contributed by atoms with Gasteiger partial charge in [-0.2, -0.15) is 0 Å². The summed E-state index contributed by atoms with van der Waals surface area (Å²) in [7, 11) is -2.07. The average Bonchev–Trinajstić information content (AvgIpc) is 3.36. The van der Waals surface area contributed by atoms with Gasteiger partial charge < -0.3 is 4.74 Å². The van der Waals surface area contributed by atoms with E-state index in [4.69, 9.17) is 4.74 Å². The van der Waals surface area contributed by atoms with Crippen LogP contribution < -0.4 is 14.8 Å². The predicted molar refractivity (Wildman–Crippen MR) is 113 cm³/mol. The van der Waals surface area contributed by atoms with E-state index in [1.54, 1.807) is 25.3 Å². The number of hydrogen-bond donors (Lipinski definition) is 2. The Labute approximate surface area is 173 Å². The second-order valence-corrected chi connectivity index (χ2v) is 9.68. The molecule has 0 radical (unpaired) electrons. The zero-order chi connectivity index (χ0) is 20.4. The number of nitrogens with zero attached hydrogens (tertiary/aromatic N) is 1. The van der Waals surface area contributed by atoms with Gasteiger partial charge in [0.2, 0.25) is 10.0 Å². The smallest absolute Gasteiger partial charge is 0.257 e. The molecule has 1 heterocycles. The number of benzene rings is 2. The molecule has 2 aromatic carbocycles. The first-order valence-electron chi connectivity index (χ1n) is 9.33. The highest BCUT2D eigenvalue weighted by Crippen LogP contribution is 2.29. The van der Waals surface area contributed by atoms with Crippen molar-refractivity contribution < 1.29 is 17.9 Å². The van der Waals surface area contributed by atoms with Crippen LogP contribution in [0.25, 0.3) is 10.2 Å². The maximum Gasteiger partial charge on any atom is 0.257 e. The van der Waals surface area contributed by atoms with Crippen LogP contribution in [0.3, 0.4) is 0 Å². The SMILES string of the molecule is COc1ccc2nc(NC(=O)c3cccc(S(=O)(=O)NC4CCCC4)c3)sc2c1. The van der Waals surface area contributed by atoms with E-state index in [0.717, 1.165) is 35.9 Å². The minimum absolute atomic E-state index is 0.0303. The number of methoxy groups -OCH3 is 1. The summed E-state index contributed by atoms with van der Waals surface area (Å²) in [5.41, 5.74) is 1.01. The summed E-state index contributed by atoms with van der Waals surface area (Å²) < 4.78 is 34.1. The summed E-state index contributed by atoms with van der Waals surface area (Å²) in [5.74, 6) is 0.306. The van der Waals surface area contributed by atoms with Gasteiger partial charge in [0, 0.05) is 11.6 Å². The van der Waals surface area contributed by atoms with Gasteiger partial charge in [-0.25, -0.2) is 18.1 Å². The van der Waals surface area contributed by atoms with Crippen LogP contribution in [0.2, 0.25) is 0 Å². The summed E-state index contributed by atoms with van der Waals surface area (Å²) >= 11 is 1.33. The lowest BCUT2D eigenvalue weighted by Crippen LogP contribution is -2.32. The number of nitrogens with one attached hydrogen (secondary N) is 2. The number of rotatable bonds is 6. The van der Waals surface area contributed by atoms with E-state index in [9.17, 15) is 13.2 Å². The highest BCUT2D eigenvalue weighted by molar-refractivity contribution is 7.89. The second-order valence-electron chi connectivity index (χ2n) is 6.94. The Morgan fingerprint density at radius 2 is 1.97 bits per heavy atom. The van der Waals surface area contributed by atoms with Crippen LogP contribution in [-0.4, -0.2) is 32.5 Å². The minimum atomic E-state index is -3.66. The van der Waals surface area contributed by atoms with Crippen molar-refractivity contribution in [2.75, 3.05) is 12.4 Å². The fraction of sp³-hybridized carbons (Fsp3) is 0.300. The molecule has 29 heavy (non-hydrogen) atoms. The monoisotopic (exact) mass is 431 g/mol. The van der Waals surface area contributed by atoms with Gasteiger partial charge in [-0.3, -0.25) is 10.1 Å². The van der Waals surface area contributed by atoms with E-state index in [0.29, 0.717) is 10.9 Å². The summed E-state index contributed by atoms with van der Waals surface area (Å²) in [6, 6.07) is 11.5. The Morgan fingerprint density at radius 3 is 2.72 bits per heavy atom. The summed E-state index contributed by atoms with van der Waals surface area (Å²) in [4.78, 5) is 17.1. The fourth-order valence-electron chi connectivity index (χ4n) is 3.39. The van der Waals surface area contributed by atoms with Gasteiger partial charge in [0.25, 0.3) is 5.91 Å². The number of amides is 1. The number of hydrogen-bond acceptors (Lipinski definition) is 6. The third-order valence-corrected chi connectivity index (χ3v) is 7.35. The lowest BCUT2D eigenvalue weighted by Gasteiger charge is -2.13. The lowest BCUT2D eigenvalue weighted by atomic mass is 10.2. The van der Waals surface area contributed by atoms with Crippen molar-refractivity contribution >= 4 is 42.6 Å². The van der Waals surface area contributed by atoms with Gasteiger partial charge in [0.15, 0.2) is 5.13 Å². The molecule has 7 nitrogen and oxygen atoms in total. The molecule has 2 N–H and O–H groups in total. The maximum atomic E-state index is 12.7. The number of carbonyl (C=O) groups is 1. The molecule has 0 spiro atoms. The molecule has 0 unspecified atom stereocenters. The standard InChI is InChI=1S/C20H21N3O4S2/c1-27-15-9-10-17-18(12-15)28-20(21-17)22-19(24)13-5-4-8-16(11-13)29(25,26)23-14-6-2-3-7-14/h4-5,8-12,14,23H,2-3,6-7H2,1H3,(H,21,22,24). The molecule has 1 fully saturated rings. The normalized spacial score (nSPS) is 14.9. The number of anilines is 1. The fourth-order valence-corrected chi connectivity index (χ4v) is 5.63. The van der Waals surface area contributed by atoms with Crippen molar-refractivity contribution in [3.8, 4) is 5.75 Å². The van der Waals surface area contributed by atoms with Gasteiger partial charge >= 0.3 is 0 Å². The first kappa shape index (κ1) is 19.8. The van der Waals surface area contributed by atoms with E-state index in [1.807, 2.05) is 12.1 Å². The molecule has 0 saturated heterocycles. The number of fused-ring (bicyclic) bond motifs is 1. The molecule has 0 bridgehead atoms. The second kappa shape index (κ2) is 8.10. The van der Waals surface area contributed by atoms with Crippen molar-refractivity contribution in [1.82, 2.24) is 9.71 Å². The van der Waals surface area contributed by atoms with Crippen molar-refractivity contribution in [3.63, 3.8) is 0 Å². The molecule has 3 aromatic rings. The number of thiazole rings is 1.